The van der Waals surface area contributed by atoms with Gasteiger partial charge in [-0.3, -0.25) is 9.71 Å². The van der Waals surface area contributed by atoms with Crippen molar-refractivity contribution in [2.45, 2.75) is 25.7 Å². The Labute approximate surface area is 118 Å². The summed E-state index contributed by atoms with van der Waals surface area (Å²) in [5, 5.41) is 0. The van der Waals surface area contributed by atoms with Crippen LogP contribution in [-0.2, 0) is 10.0 Å². The molecule has 1 heterocycles. The quantitative estimate of drug-likeness (QED) is 0.945. The summed E-state index contributed by atoms with van der Waals surface area (Å²) in [6.45, 7) is 5.81. The van der Waals surface area contributed by atoms with Crippen LogP contribution in [0.5, 0.6) is 0 Å². The van der Waals surface area contributed by atoms with Crippen molar-refractivity contribution in [3.8, 4) is 0 Å². The molecule has 20 heavy (non-hydrogen) atoms. The zero-order valence-electron chi connectivity index (χ0n) is 11.6. The first-order valence-electron chi connectivity index (χ1n) is 6.17. The van der Waals surface area contributed by atoms with E-state index in [1.807, 2.05) is 20.8 Å². The molecule has 0 aliphatic heterocycles. The van der Waals surface area contributed by atoms with E-state index in [-0.39, 0.29) is 4.90 Å². The molecule has 0 atom stereocenters. The molecule has 1 aromatic carbocycles. The monoisotopic (exact) mass is 296 g/mol. The van der Waals surface area contributed by atoms with Gasteiger partial charge in [0, 0.05) is 6.20 Å². The number of rotatable bonds is 3. The van der Waals surface area contributed by atoms with Crippen LogP contribution in [0.25, 0.3) is 0 Å². The number of aryl methyl sites for hydroxylation is 1. The van der Waals surface area contributed by atoms with Gasteiger partial charge in [-0.1, -0.05) is 13.8 Å². The summed E-state index contributed by atoms with van der Waals surface area (Å²) in [6.07, 6.45) is 3.03. The summed E-state index contributed by atoms with van der Waals surface area (Å²) in [5.41, 5.74) is 1.22. The minimum atomic E-state index is -3.70. The fourth-order valence-electron chi connectivity index (χ4n) is 1.44. The number of sulfonamides is 1. The highest BCUT2D eigenvalue weighted by molar-refractivity contribution is 7.92. The van der Waals surface area contributed by atoms with Gasteiger partial charge in [0.05, 0.1) is 16.8 Å². The molecule has 0 spiro atoms. The van der Waals surface area contributed by atoms with E-state index in [9.17, 15) is 12.8 Å². The molecule has 2 rings (SSSR count). The van der Waals surface area contributed by atoms with Crippen molar-refractivity contribution in [2.75, 3.05) is 4.72 Å². The van der Waals surface area contributed by atoms with Gasteiger partial charge < -0.3 is 0 Å². The molecule has 0 fully saturated rings. The first kappa shape index (κ1) is 16.1. The van der Waals surface area contributed by atoms with Crippen molar-refractivity contribution in [1.82, 2.24) is 4.98 Å². The van der Waals surface area contributed by atoms with Crippen molar-refractivity contribution in [1.29, 1.82) is 0 Å². The number of hydrogen-bond donors (Lipinski definition) is 1. The molecule has 0 amide bonds. The molecule has 2 aromatic rings. The summed E-state index contributed by atoms with van der Waals surface area (Å²) in [5.74, 6) is -0.480. The SMILES string of the molecule is CC.Cc1cncc(NS(=O)(=O)c2ccc(F)cc2)c1. The second-order valence-electron chi connectivity index (χ2n) is 3.81. The zero-order chi connectivity index (χ0) is 15.2. The lowest BCUT2D eigenvalue weighted by Gasteiger charge is -2.08. The maximum atomic E-state index is 12.7. The van der Waals surface area contributed by atoms with E-state index in [2.05, 4.69) is 9.71 Å². The third kappa shape index (κ3) is 4.31. The molecule has 6 heteroatoms. The molecule has 0 aliphatic rings. The lowest BCUT2D eigenvalue weighted by Crippen LogP contribution is -2.13. The fraction of sp³-hybridized carbons (Fsp3) is 0.214. The molecule has 0 radical (unpaired) electrons. The molecule has 0 aliphatic carbocycles. The predicted octanol–water partition coefficient (Wildman–Crippen LogP) is 3.36. The molecule has 0 bridgehead atoms. The Morgan fingerprint density at radius 3 is 2.25 bits per heavy atom. The summed E-state index contributed by atoms with van der Waals surface area (Å²) in [7, 11) is -3.70. The van der Waals surface area contributed by atoms with E-state index in [1.54, 1.807) is 12.3 Å². The van der Waals surface area contributed by atoms with Gasteiger partial charge >= 0.3 is 0 Å². The minimum absolute atomic E-state index is 0.00501. The van der Waals surface area contributed by atoms with Crippen LogP contribution in [-0.4, -0.2) is 13.4 Å². The Hall–Kier alpha value is -1.95. The fourth-order valence-corrected chi connectivity index (χ4v) is 2.47. The normalized spacial score (nSPS) is 10.4. The highest BCUT2D eigenvalue weighted by atomic mass is 32.2. The molecule has 1 aromatic heterocycles. The van der Waals surface area contributed by atoms with Gasteiger partial charge in [0.25, 0.3) is 10.0 Å². The lowest BCUT2D eigenvalue weighted by molar-refractivity contribution is 0.599. The Bertz CT molecular complexity index is 655. The summed E-state index contributed by atoms with van der Waals surface area (Å²) >= 11 is 0. The van der Waals surface area contributed by atoms with Crippen LogP contribution < -0.4 is 4.72 Å². The number of aromatic nitrogens is 1. The molecule has 0 saturated heterocycles. The Balaban J connectivity index is 0.000000956. The van der Waals surface area contributed by atoms with Crippen LogP contribution in [0.2, 0.25) is 0 Å². The van der Waals surface area contributed by atoms with Gasteiger partial charge in [-0.25, -0.2) is 12.8 Å². The molecule has 108 valence electrons. The van der Waals surface area contributed by atoms with Crippen molar-refractivity contribution >= 4 is 15.7 Å². The number of halogens is 1. The van der Waals surface area contributed by atoms with Crippen LogP contribution in [0.15, 0.2) is 47.6 Å². The van der Waals surface area contributed by atoms with Gasteiger partial charge in [0.15, 0.2) is 0 Å². The number of pyridine rings is 1. The third-order valence-electron chi connectivity index (χ3n) is 2.25. The van der Waals surface area contributed by atoms with E-state index in [4.69, 9.17) is 0 Å². The van der Waals surface area contributed by atoms with Gasteiger partial charge in [0.1, 0.15) is 5.82 Å². The molecular formula is C14H17FN2O2S. The van der Waals surface area contributed by atoms with E-state index < -0.39 is 15.8 Å². The molecule has 0 unspecified atom stereocenters. The van der Waals surface area contributed by atoms with Crippen molar-refractivity contribution in [2.24, 2.45) is 0 Å². The Morgan fingerprint density at radius 2 is 1.70 bits per heavy atom. The lowest BCUT2D eigenvalue weighted by atomic mass is 10.3. The maximum Gasteiger partial charge on any atom is 0.261 e. The molecular weight excluding hydrogens is 279 g/mol. The van der Waals surface area contributed by atoms with E-state index in [0.29, 0.717) is 5.69 Å². The topological polar surface area (TPSA) is 59.1 Å². The van der Waals surface area contributed by atoms with Crippen LogP contribution >= 0.6 is 0 Å². The van der Waals surface area contributed by atoms with Gasteiger partial charge in [-0.2, -0.15) is 0 Å². The Morgan fingerprint density at radius 1 is 1.10 bits per heavy atom. The number of nitrogens with one attached hydrogen (secondary N) is 1. The molecule has 0 saturated carbocycles. The highest BCUT2D eigenvalue weighted by Crippen LogP contribution is 2.16. The van der Waals surface area contributed by atoms with Crippen molar-refractivity contribution in [3.05, 3.63) is 54.1 Å². The van der Waals surface area contributed by atoms with Gasteiger partial charge in [-0.15, -0.1) is 0 Å². The number of anilines is 1. The average Bonchev–Trinajstić information content (AvgIpc) is 2.41. The summed E-state index contributed by atoms with van der Waals surface area (Å²) < 4.78 is 39.0. The van der Waals surface area contributed by atoms with Crippen LogP contribution in [0.1, 0.15) is 19.4 Å². The number of nitrogens with zero attached hydrogens (tertiary/aromatic N) is 1. The van der Waals surface area contributed by atoms with Crippen molar-refractivity contribution in [3.63, 3.8) is 0 Å². The number of hydrogen-bond acceptors (Lipinski definition) is 3. The van der Waals surface area contributed by atoms with Gasteiger partial charge in [0.2, 0.25) is 0 Å². The first-order valence-corrected chi connectivity index (χ1v) is 7.66. The second-order valence-corrected chi connectivity index (χ2v) is 5.49. The minimum Gasteiger partial charge on any atom is -0.278 e. The highest BCUT2D eigenvalue weighted by Gasteiger charge is 2.14. The zero-order valence-corrected chi connectivity index (χ0v) is 12.4. The largest absolute Gasteiger partial charge is 0.278 e. The standard InChI is InChI=1S/C12H11FN2O2S.C2H6/c1-9-6-11(8-14-7-9)15-18(16,17)12-4-2-10(13)3-5-12;1-2/h2-8,15H,1H3;1-2H3. The Kier molecular flexibility index (Phi) is 5.64. The smallest absolute Gasteiger partial charge is 0.261 e. The van der Waals surface area contributed by atoms with Gasteiger partial charge in [-0.05, 0) is 42.8 Å². The summed E-state index contributed by atoms with van der Waals surface area (Å²) in [6, 6.07) is 6.28. The van der Waals surface area contributed by atoms with Crippen LogP contribution in [0.3, 0.4) is 0 Å². The molecule has 4 nitrogen and oxygen atoms in total. The number of benzene rings is 1. The molecule has 1 N–H and O–H groups in total. The predicted molar refractivity (Wildman–Crippen MR) is 77.5 cm³/mol. The third-order valence-corrected chi connectivity index (χ3v) is 3.65. The van der Waals surface area contributed by atoms with Crippen molar-refractivity contribution < 1.29 is 12.8 Å². The summed E-state index contributed by atoms with van der Waals surface area (Å²) in [4.78, 5) is 3.89. The van der Waals surface area contributed by atoms with E-state index >= 15 is 0 Å². The maximum absolute atomic E-state index is 12.7. The first-order chi connectivity index (χ1) is 9.47. The van der Waals surface area contributed by atoms with Crippen LogP contribution in [0, 0.1) is 12.7 Å². The van der Waals surface area contributed by atoms with E-state index in [0.717, 1.165) is 17.7 Å². The average molecular weight is 296 g/mol. The second kappa shape index (κ2) is 7.00. The van der Waals surface area contributed by atoms with Crippen LogP contribution in [0.4, 0.5) is 10.1 Å². The van der Waals surface area contributed by atoms with E-state index in [1.165, 1.54) is 18.3 Å².